The van der Waals surface area contributed by atoms with E-state index in [4.69, 9.17) is 11.6 Å². The molecule has 100 valence electrons. The number of rotatable bonds is 4. The van der Waals surface area contributed by atoms with Gasteiger partial charge in [0.05, 0.1) is 0 Å². The Morgan fingerprint density at radius 3 is 2.42 bits per heavy atom. The topological polar surface area (TPSA) is 15.3 Å². The third kappa shape index (κ3) is 3.09. The fraction of sp³-hybridized carbons (Fsp3) is 0.250. The van der Waals surface area contributed by atoms with Crippen LogP contribution in [0.15, 0.2) is 42.5 Å². The van der Waals surface area contributed by atoms with Crippen molar-refractivity contribution in [1.29, 1.82) is 0 Å². The van der Waals surface area contributed by atoms with Crippen LogP contribution in [0.5, 0.6) is 0 Å². The van der Waals surface area contributed by atoms with Crippen LogP contribution in [0, 0.1) is 6.92 Å². The van der Waals surface area contributed by atoms with Gasteiger partial charge in [0.25, 0.3) is 0 Å². The molecular formula is C16H19ClN2. The van der Waals surface area contributed by atoms with Crippen LogP contribution >= 0.6 is 11.6 Å². The number of halogens is 1. The van der Waals surface area contributed by atoms with Gasteiger partial charge in [0.2, 0.25) is 0 Å². The van der Waals surface area contributed by atoms with Crippen molar-refractivity contribution in [2.24, 2.45) is 0 Å². The average Bonchev–Trinajstić information content (AvgIpc) is 2.41. The summed E-state index contributed by atoms with van der Waals surface area (Å²) in [7, 11) is 3.99. The first kappa shape index (κ1) is 13.9. The molecule has 0 fully saturated rings. The average molecular weight is 275 g/mol. The van der Waals surface area contributed by atoms with E-state index in [0.717, 1.165) is 28.5 Å². The van der Waals surface area contributed by atoms with Gasteiger partial charge in [-0.25, -0.2) is 0 Å². The molecule has 0 saturated heterocycles. The Morgan fingerprint density at radius 1 is 1.11 bits per heavy atom. The minimum Gasteiger partial charge on any atom is -0.344 e. The van der Waals surface area contributed by atoms with Crippen LogP contribution in [0.2, 0.25) is 5.02 Å². The van der Waals surface area contributed by atoms with Crippen LogP contribution in [0.1, 0.15) is 11.1 Å². The van der Waals surface area contributed by atoms with E-state index in [1.807, 2.05) is 19.2 Å². The first-order chi connectivity index (χ1) is 9.13. The number of anilines is 2. The van der Waals surface area contributed by atoms with Crippen molar-refractivity contribution < 1.29 is 0 Å². The predicted octanol–water partition coefficient (Wildman–Crippen LogP) is 4.14. The molecule has 3 heteroatoms. The van der Waals surface area contributed by atoms with Crippen molar-refractivity contribution in [2.75, 3.05) is 19.0 Å². The molecular weight excluding hydrogens is 256 g/mol. The molecule has 0 amide bonds. The second-order valence-electron chi connectivity index (χ2n) is 4.66. The summed E-state index contributed by atoms with van der Waals surface area (Å²) in [6, 6.07) is 14.5. The lowest BCUT2D eigenvalue weighted by molar-refractivity contribution is 0.816. The quantitative estimate of drug-likeness (QED) is 0.902. The fourth-order valence-corrected chi connectivity index (χ4v) is 2.36. The SMILES string of the molecule is CNCc1c(Cl)cccc1N(C)c1ccc(C)cc1. The van der Waals surface area contributed by atoms with Gasteiger partial charge in [0.15, 0.2) is 0 Å². The van der Waals surface area contributed by atoms with Gasteiger partial charge in [-0.1, -0.05) is 35.4 Å². The summed E-state index contributed by atoms with van der Waals surface area (Å²) >= 11 is 6.30. The summed E-state index contributed by atoms with van der Waals surface area (Å²) < 4.78 is 0. The highest BCUT2D eigenvalue weighted by atomic mass is 35.5. The second kappa shape index (κ2) is 6.09. The molecule has 0 saturated carbocycles. The Hall–Kier alpha value is -1.51. The molecule has 1 N–H and O–H groups in total. The van der Waals surface area contributed by atoms with E-state index in [1.54, 1.807) is 0 Å². The number of nitrogens with one attached hydrogen (secondary N) is 1. The second-order valence-corrected chi connectivity index (χ2v) is 5.07. The molecule has 0 unspecified atom stereocenters. The molecule has 0 atom stereocenters. The normalized spacial score (nSPS) is 10.5. The molecule has 0 aliphatic carbocycles. The highest BCUT2D eigenvalue weighted by Gasteiger charge is 2.11. The van der Waals surface area contributed by atoms with Crippen molar-refractivity contribution >= 4 is 23.0 Å². The smallest absolute Gasteiger partial charge is 0.0471 e. The van der Waals surface area contributed by atoms with Gasteiger partial charge >= 0.3 is 0 Å². The highest BCUT2D eigenvalue weighted by Crippen LogP contribution is 2.31. The number of aryl methyl sites for hydroxylation is 1. The Labute approximate surface area is 120 Å². The molecule has 0 aliphatic heterocycles. The fourth-order valence-electron chi connectivity index (χ4n) is 2.12. The van der Waals surface area contributed by atoms with Crippen molar-refractivity contribution in [3.05, 3.63) is 58.6 Å². The summed E-state index contributed by atoms with van der Waals surface area (Å²) in [6.45, 7) is 2.85. The van der Waals surface area contributed by atoms with Crippen molar-refractivity contribution in [3.63, 3.8) is 0 Å². The molecule has 2 rings (SSSR count). The monoisotopic (exact) mass is 274 g/mol. The number of hydrogen-bond donors (Lipinski definition) is 1. The summed E-state index contributed by atoms with van der Waals surface area (Å²) in [4.78, 5) is 2.16. The number of hydrogen-bond acceptors (Lipinski definition) is 2. The van der Waals surface area contributed by atoms with Crippen LogP contribution in [0.25, 0.3) is 0 Å². The Morgan fingerprint density at radius 2 is 1.79 bits per heavy atom. The molecule has 0 aliphatic rings. The Bertz CT molecular complexity index is 549. The molecule has 2 aromatic carbocycles. The van der Waals surface area contributed by atoms with Crippen molar-refractivity contribution in [2.45, 2.75) is 13.5 Å². The van der Waals surface area contributed by atoms with Gasteiger partial charge < -0.3 is 10.2 Å². The zero-order chi connectivity index (χ0) is 13.8. The molecule has 0 spiro atoms. The third-order valence-corrected chi connectivity index (χ3v) is 3.58. The highest BCUT2D eigenvalue weighted by molar-refractivity contribution is 6.31. The molecule has 19 heavy (non-hydrogen) atoms. The van der Waals surface area contributed by atoms with Crippen LogP contribution in [-0.2, 0) is 6.54 Å². The molecule has 0 bridgehead atoms. The molecule has 2 aromatic rings. The maximum atomic E-state index is 6.30. The maximum Gasteiger partial charge on any atom is 0.0471 e. The first-order valence-electron chi connectivity index (χ1n) is 6.36. The lowest BCUT2D eigenvalue weighted by Gasteiger charge is -2.23. The summed E-state index contributed by atoms with van der Waals surface area (Å²) in [6.07, 6.45) is 0. The lowest BCUT2D eigenvalue weighted by Crippen LogP contribution is -2.15. The Kier molecular flexibility index (Phi) is 4.46. The third-order valence-electron chi connectivity index (χ3n) is 3.23. The lowest BCUT2D eigenvalue weighted by atomic mass is 10.1. The van der Waals surface area contributed by atoms with Crippen LogP contribution < -0.4 is 10.2 Å². The standard InChI is InChI=1S/C16H19ClN2/c1-12-7-9-13(10-8-12)19(3)16-6-4-5-15(17)14(16)11-18-2/h4-10,18H,11H2,1-3H3. The zero-order valence-corrected chi connectivity index (χ0v) is 12.3. The van der Waals surface area contributed by atoms with E-state index < -0.39 is 0 Å². The van der Waals surface area contributed by atoms with E-state index in [9.17, 15) is 0 Å². The number of benzene rings is 2. The van der Waals surface area contributed by atoms with Gasteiger partial charge in [-0.3, -0.25) is 0 Å². The first-order valence-corrected chi connectivity index (χ1v) is 6.73. The van der Waals surface area contributed by atoms with E-state index in [1.165, 1.54) is 5.56 Å². The molecule has 0 radical (unpaired) electrons. The van der Waals surface area contributed by atoms with E-state index in [2.05, 4.69) is 54.5 Å². The van der Waals surface area contributed by atoms with E-state index >= 15 is 0 Å². The minimum atomic E-state index is 0.755. The van der Waals surface area contributed by atoms with Crippen molar-refractivity contribution in [3.8, 4) is 0 Å². The Balaban J connectivity index is 2.40. The predicted molar refractivity (Wildman–Crippen MR) is 83.5 cm³/mol. The number of nitrogens with zero attached hydrogens (tertiary/aromatic N) is 1. The molecule has 2 nitrogen and oxygen atoms in total. The van der Waals surface area contributed by atoms with Crippen molar-refractivity contribution in [1.82, 2.24) is 5.32 Å². The van der Waals surface area contributed by atoms with Gasteiger partial charge in [0, 0.05) is 35.6 Å². The van der Waals surface area contributed by atoms with Gasteiger partial charge in [-0.15, -0.1) is 0 Å². The summed E-state index contributed by atoms with van der Waals surface area (Å²) in [5.41, 5.74) is 4.67. The minimum absolute atomic E-state index is 0.755. The molecule has 0 aromatic heterocycles. The van der Waals surface area contributed by atoms with Crippen LogP contribution in [0.4, 0.5) is 11.4 Å². The van der Waals surface area contributed by atoms with E-state index in [-0.39, 0.29) is 0 Å². The zero-order valence-electron chi connectivity index (χ0n) is 11.6. The maximum absolute atomic E-state index is 6.30. The van der Waals surface area contributed by atoms with Gasteiger partial charge in [-0.2, -0.15) is 0 Å². The van der Waals surface area contributed by atoms with E-state index in [0.29, 0.717) is 0 Å². The van der Waals surface area contributed by atoms with Crippen LogP contribution in [-0.4, -0.2) is 14.1 Å². The van der Waals surface area contributed by atoms with Gasteiger partial charge in [0.1, 0.15) is 0 Å². The largest absolute Gasteiger partial charge is 0.344 e. The summed E-state index contributed by atoms with van der Waals surface area (Å²) in [5, 5.41) is 3.97. The van der Waals surface area contributed by atoms with Crippen LogP contribution in [0.3, 0.4) is 0 Å². The summed E-state index contributed by atoms with van der Waals surface area (Å²) in [5.74, 6) is 0. The van der Waals surface area contributed by atoms with Gasteiger partial charge in [-0.05, 0) is 38.2 Å². The molecule has 0 heterocycles.